The number of likely N-dealkylation sites (tertiary alicyclic amines) is 2. The molecular formula is C24H28N4O. The molecule has 150 valence electrons. The summed E-state index contributed by atoms with van der Waals surface area (Å²) in [4.78, 5) is 19.2. The largest absolute Gasteiger partial charge is 0.331 e. The normalized spacial score (nSPS) is 23.7. The van der Waals surface area contributed by atoms with Gasteiger partial charge in [-0.05, 0) is 41.7 Å². The molecule has 0 unspecified atom stereocenters. The van der Waals surface area contributed by atoms with E-state index in [0.717, 1.165) is 26.2 Å². The lowest BCUT2D eigenvalue weighted by Gasteiger charge is -2.32. The maximum Gasteiger partial charge on any atom is 0.320 e. The van der Waals surface area contributed by atoms with Gasteiger partial charge in [-0.3, -0.25) is 4.90 Å². The minimum absolute atomic E-state index is 0.103. The third kappa shape index (κ3) is 3.73. The Balaban J connectivity index is 1.56. The van der Waals surface area contributed by atoms with Crippen LogP contribution < -0.4 is 0 Å². The van der Waals surface area contributed by atoms with Gasteiger partial charge < -0.3 is 9.80 Å². The molecule has 2 aromatic carbocycles. The fraction of sp³-hybridized carbons (Fsp3) is 0.417. The fourth-order valence-electron chi connectivity index (χ4n) is 4.98. The van der Waals surface area contributed by atoms with Crippen molar-refractivity contribution in [3.63, 3.8) is 0 Å². The van der Waals surface area contributed by atoms with E-state index in [1.807, 2.05) is 38.4 Å². The molecule has 2 saturated heterocycles. The van der Waals surface area contributed by atoms with Crippen LogP contribution in [0, 0.1) is 30.1 Å². The second-order valence-electron chi connectivity index (χ2n) is 8.56. The number of benzene rings is 2. The SMILES string of the molecule is Cc1ccccc1[C@H]1[C@@H]2CN(Cc3ccc(C#N)cc3)C[C@@H]2CN1C(=O)N(C)C. The molecule has 0 aliphatic carbocycles. The number of amides is 2. The Morgan fingerprint density at radius 2 is 1.83 bits per heavy atom. The molecule has 3 atom stereocenters. The minimum Gasteiger partial charge on any atom is -0.331 e. The summed E-state index contributed by atoms with van der Waals surface area (Å²) in [5.41, 5.74) is 4.46. The van der Waals surface area contributed by atoms with E-state index in [-0.39, 0.29) is 12.1 Å². The fourth-order valence-corrected chi connectivity index (χ4v) is 4.98. The summed E-state index contributed by atoms with van der Waals surface area (Å²) in [5, 5.41) is 8.99. The molecule has 2 aliphatic heterocycles. The number of fused-ring (bicyclic) bond motifs is 1. The number of hydrogen-bond acceptors (Lipinski definition) is 3. The molecule has 0 aromatic heterocycles. The highest BCUT2D eigenvalue weighted by molar-refractivity contribution is 5.75. The van der Waals surface area contributed by atoms with Gasteiger partial charge in [0, 0.05) is 46.2 Å². The van der Waals surface area contributed by atoms with Gasteiger partial charge in [-0.25, -0.2) is 4.79 Å². The number of hydrogen-bond donors (Lipinski definition) is 0. The molecule has 2 aromatic rings. The van der Waals surface area contributed by atoms with Crippen LogP contribution in [0.4, 0.5) is 4.79 Å². The van der Waals surface area contributed by atoms with E-state index < -0.39 is 0 Å². The van der Waals surface area contributed by atoms with Crippen LogP contribution in [0.15, 0.2) is 48.5 Å². The predicted molar refractivity (Wildman–Crippen MR) is 113 cm³/mol. The predicted octanol–water partition coefficient (Wildman–Crippen LogP) is 3.65. The van der Waals surface area contributed by atoms with E-state index in [0.29, 0.717) is 17.4 Å². The van der Waals surface area contributed by atoms with Gasteiger partial charge in [0.25, 0.3) is 0 Å². The van der Waals surface area contributed by atoms with Gasteiger partial charge in [0.15, 0.2) is 0 Å². The van der Waals surface area contributed by atoms with Crippen molar-refractivity contribution in [3.05, 3.63) is 70.8 Å². The smallest absolute Gasteiger partial charge is 0.320 e. The Kier molecular flexibility index (Phi) is 5.29. The average Bonchev–Trinajstić information content (AvgIpc) is 3.25. The van der Waals surface area contributed by atoms with Crippen LogP contribution in [0.25, 0.3) is 0 Å². The van der Waals surface area contributed by atoms with Crippen molar-refractivity contribution in [2.24, 2.45) is 11.8 Å². The zero-order valence-corrected chi connectivity index (χ0v) is 17.4. The Morgan fingerprint density at radius 1 is 1.10 bits per heavy atom. The molecule has 4 rings (SSSR count). The van der Waals surface area contributed by atoms with E-state index >= 15 is 0 Å². The highest BCUT2D eigenvalue weighted by Crippen LogP contribution is 2.46. The van der Waals surface area contributed by atoms with Gasteiger partial charge in [-0.2, -0.15) is 5.26 Å². The Hall–Kier alpha value is -2.84. The highest BCUT2D eigenvalue weighted by atomic mass is 16.2. The van der Waals surface area contributed by atoms with Gasteiger partial charge in [0.1, 0.15) is 0 Å². The quantitative estimate of drug-likeness (QED) is 0.806. The summed E-state index contributed by atoms with van der Waals surface area (Å²) in [6, 6.07) is 18.8. The molecule has 2 aliphatic rings. The van der Waals surface area contributed by atoms with E-state index in [1.54, 1.807) is 4.90 Å². The van der Waals surface area contributed by atoms with Crippen LogP contribution in [0.3, 0.4) is 0 Å². The number of aryl methyl sites for hydroxylation is 1. The lowest BCUT2D eigenvalue weighted by Crippen LogP contribution is -2.41. The second kappa shape index (κ2) is 7.88. The topological polar surface area (TPSA) is 50.6 Å². The molecule has 0 saturated carbocycles. The molecule has 2 heterocycles. The molecule has 2 fully saturated rings. The summed E-state index contributed by atoms with van der Waals surface area (Å²) in [5.74, 6) is 0.931. The average molecular weight is 389 g/mol. The number of urea groups is 1. The summed E-state index contributed by atoms with van der Waals surface area (Å²) in [7, 11) is 3.67. The molecule has 29 heavy (non-hydrogen) atoms. The Labute approximate surface area is 173 Å². The highest BCUT2D eigenvalue weighted by Gasteiger charge is 2.49. The van der Waals surface area contributed by atoms with Crippen molar-refractivity contribution in [2.75, 3.05) is 33.7 Å². The third-order valence-electron chi connectivity index (χ3n) is 6.36. The van der Waals surface area contributed by atoms with Crippen molar-refractivity contribution in [1.82, 2.24) is 14.7 Å². The number of nitriles is 1. The standard InChI is InChI=1S/C24H28N4O/c1-17-6-4-5-7-21(17)23-22-16-27(13-19-10-8-18(12-25)9-11-19)14-20(22)15-28(23)24(29)26(2)3/h4-11,20,22-23H,13-16H2,1-3H3/t20-,22-,23+/m1/s1. The summed E-state index contributed by atoms with van der Waals surface area (Å²) in [6.07, 6.45) is 0. The second-order valence-corrected chi connectivity index (χ2v) is 8.56. The van der Waals surface area contributed by atoms with Crippen LogP contribution >= 0.6 is 0 Å². The monoisotopic (exact) mass is 388 g/mol. The van der Waals surface area contributed by atoms with Crippen molar-refractivity contribution >= 4 is 6.03 Å². The summed E-state index contributed by atoms with van der Waals surface area (Å²) < 4.78 is 0. The first kappa shape index (κ1) is 19.5. The van der Waals surface area contributed by atoms with E-state index in [1.165, 1.54) is 16.7 Å². The van der Waals surface area contributed by atoms with Crippen LogP contribution in [0.2, 0.25) is 0 Å². The zero-order valence-electron chi connectivity index (χ0n) is 17.4. The number of rotatable bonds is 3. The minimum atomic E-state index is 0.103. The van der Waals surface area contributed by atoms with E-state index in [2.05, 4.69) is 47.1 Å². The molecule has 2 amide bonds. The van der Waals surface area contributed by atoms with E-state index in [4.69, 9.17) is 5.26 Å². The molecular weight excluding hydrogens is 360 g/mol. The first-order chi connectivity index (χ1) is 14.0. The van der Waals surface area contributed by atoms with Crippen molar-refractivity contribution in [1.29, 1.82) is 5.26 Å². The molecule has 0 bridgehead atoms. The molecule has 0 N–H and O–H groups in total. The van der Waals surface area contributed by atoms with Gasteiger partial charge in [-0.1, -0.05) is 36.4 Å². The lowest BCUT2D eigenvalue weighted by molar-refractivity contribution is 0.151. The first-order valence-electron chi connectivity index (χ1n) is 10.2. The Morgan fingerprint density at radius 3 is 2.48 bits per heavy atom. The van der Waals surface area contributed by atoms with Crippen molar-refractivity contribution < 1.29 is 4.79 Å². The number of carbonyl (C=O) groups is 1. The maximum atomic E-state index is 12.9. The molecule has 0 radical (unpaired) electrons. The number of carbonyl (C=O) groups excluding carboxylic acids is 1. The summed E-state index contributed by atoms with van der Waals surface area (Å²) >= 11 is 0. The van der Waals surface area contributed by atoms with Crippen LogP contribution in [-0.4, -0.2) is 54.5 Å². The van der Waals surface area contributed by atoms with Crippen molar-refractivity contribution in [2.45, 2.75) is 19.5 Å². The third-order valence-corrected chi connectivity index (χ3v) is 6.36. The van der Waals surface area contributed by atoms with Crippen LogP contribution in [0.1, 0.15) is 28.3 Å². The zero-order chi connectivity index (χ0) is 20.5. The maximum absolute atomic E-state index is 12.9. The molecule has 0 spiro atoms. The molecule has 5 heteroatoms. The molecule has 5 nitrogen and oxygen atoms in total. The van der Waals surface area contributed by atoms with Crippen LogP contribution in [-0.2, 0) is 6.54 Å². The lowest BCUT2D eigenvalue weighted by atomic mass is 9.88. The van der Waals surface area contributed by atoms with Gasteiger partial charge >= 0.3 is 6.03 Å². The van der Waals surface area contributed by atoms with Gasteiger partial charge in [0.2, 0.25) is 0 Å². The van der Waals surface area contributed by atoms with Gasteiger partial charge in [-0.15, -0.1) is 0 Å². The van der Waals surface area contributed by atoms with Gasteiger partial charge in [0.05, 0.1) is 17.7 Å². The van der Waals surface area contributed by atoms with E-state index in [9.17, 15) is 4.79 Å². The Bertz CT molecular complexity index is 931. The first-order valence-corrected chi connectivity index (χ1v) is 10.2. The number of nitrogens with zero attached hydrogens (tertiary/aromatic N) is 4. The summed E-state index contributed by atoms with van der Waals surface area (Å²) in [6.45, 7) is 5.83. The van der Waals surface area contributed by atoms with Crippen LogP contribution in [0.5, 0.6) is 0 Å². The van der Waals surface area contributed by atoms with Crippen molar-refractivity contribution in [3.8, 4) is 6.07 Å².